The fraction of sp³-hybridized carbons (Fsp3) is 0.667. The third-order valence-corrected chi connectivity index (χ3v) is 1.72. The first-order chi connectivity index (χ1) is 6.07. The quantitative estimate of drug-likeness (QED) is 0.689. The van der Waals surface area contributed by atoms with Gasteiger partial charge in [-0.1, -0.05) is 13.3 Å². The van der Waals surface area contributed by atoms with Crippen LogP contribution in [0.3, 0.4) is 0 Å². The molecule has 0 saturated carbocycles. The Kier molecular flexibility index (Phi) is 6.10. The van der Waals surface area contributed by atoms with E-state index >= 15 is 0 Å². The molecule has 0 bridgehead atoms. The molecule has 0 radical (unpaired) electrons. The van der Waals surface area contributed by atoms with Crippen LogP contribution in [0.2, 0.25) is 0 Å². The molecule has 0 aliphatic carbocycles. The van der Waals surface area contributed by atoms with Gasteiger partial charge in [0, 0.05) is 6.42 Å². The first-order valence-corrected chi connectivity index (χ1v) is 4.39. The van der Waals surface area contributed by atoms with Gasteiger partial charge >= 0.3 is 0 Å². The lowest BCUT2D eigenvalue weighted by Crippen LogP contribution is -2.09. The van der Waals surface area contributed by atoms with Crippen LogP contribution in [0.25, 0.3) is 0 Å². The third kappa shape index (κ3) is 6.25. The number of primary amides is 1. The molecule has 1 amide bonds. The number of hydrogen-bond acceptors (Lipinski definition) is 1. The summed E-state index contributed by atoms with van der Waals surface area (Å²) in [5.41, 5.74) is 5.04. The Balaban J connectivity index is 3.85. The molecule has 0 aromatic heterocycles. The van der Waals surface area contributed by atoms with Crippen LogP contribution >= 0.6 is 0 Å². The van der Waals surface area contributed by atoms with E-state index in [-0.39, 0.29) is 18.4 Å². The zero-order chi connectivity index (χ0) is 10.3. The van der Waals surface area contributed by atoms with Crippen LogP contribution < -0.4 is 5.73 Å². The second kappa shape index (κ2) is 6.57. The summed E-state index contributed by atoms with van der Waals surface area (Å²) in [5, 5.41) is 0. The minimum atomic E-state index is -1.61. The summed E-state index contributed by atoms with van der Waals surface area (Å²) >= 11 is 0. The van der Waals surface area contributed by atoms with Gasteiger partial charge in [-0.15, -0.1) is 0 Å². The predicted molar refractivity (Wildman–Crippen MR) is 47.2 cm³/mol. The van der Waals surface area contributed by atoms with Crippen LogP contribution in [0.1, 0.15) is 39.0 Å². The van der Waals surface area contributed by atoms with E-state index < -0.39 is 12.0 Å². The predicted octanol–water partition coefficient (Wildman–Crippen LogP) is 2.59. The van der Waals surface area contributed by atoms with Crippen LogP contribution in [-0.4, -0.2) is 5.91 Å². The van der Waals surface area contributed by atoms with Gasteiger partial charge in [-0.25, -0.2) is 0 Å². The second-order valence-electron chi connectivity index (χ2n) is 2.93. The third-order valence-electron chi connectivity index (χ3n) is 1.72. The molecule has 0 heterocycles. The summed E-state index contributed by atoms with van der Waals surface area (Å²) in [4.78, 5) is 10.3. The van der Waals surface area contributed by atoms with E-state index in [9.17, 15) is 13.6 Å². The monoisotopic (exact) mass is 191 g/mol. The number of halogens is 2. The molecule has 0 unspecified atom stereocenters. The van der Waals surface area contributed by atoms with Crippen molar-refractivity contribution in [1.29, 1.82) is 0 Å². The van der Waals surface area contributed by atoms with E-state index in [0.29, 0.717) is 19.3 Å². The largest absolute Gasteiger partial charge is 0.370 e. The second-order valence-corrected chi connectivity index (χ2v) is 2.93. The van der Waals surface area contributed by atoms with Crippen LogP contribution in [0.4, 0.5) is 8.78 Å². The normalized spacial score (nSPS) is 9.77. The standard InChI is InChI=1S/C9H15F2NO/c1-2-4-7(9(10)11)5-3-6-8(12)13/h2-6H2,1H3,(H2,12,13). The molecular weight excluding hydrogens is 176 g/mol. The van der Waals surface area contributed by atoms with E-state index in [1.165, 1.54) is 0 Å². The molecule has 0 aliphatic heterocycles. The highest BCUT2D eigenvalue weighted by atomic mass is 19.3. The number of nitrogens with two attached hydrogens (primary N) is 1. The summed E-state index contributed by atoms with van der Waals surface area (Å²) in [5.74, 6) is -0.435. The van der Waals surface area contributed by atoms with E-state index in [0.717, 1.165) is 0 Å². The molecule has 0 aromatic rings. The number of allylic oxidation sites excluding steroid dienone is 1. The molecule has 0 saturated heterocycles. The van der Waals surface area contributed by atoms with E-state index in [4.69, 9.17) is 5.73 Å². The molecule has 13 heavy (non-hydrogen) atoms. The molecule has 0 rings (SSSR count). The summed E-state index contributed by atoms with van der Waals surface area (Å²) in [6.45, 7) is 1.84. The van der Waals surface area contributed by atoms with Gasteiger partial charge in [0.2, 0.25) is 5.91 Å². The number of rotatable bonds is 6. The summed E-state index contributed by atoms with van der Waals surface area (Å²) in [6, 6.07) is 0. The number of amides is 1. The summed E-state index contributed by atoms with van der Waals surface area (Å²) in [6.07, 6.45) is 0.373. The van der Waals surface area contributed by atoms with Crippen LogP contribution in [0.15, 0.2) is 11.7 Å². The Morgan fingerprint density at radius 2 is 1.85 bits per heavy atom. The molecular formula is C9H15F2NO. The lowest BCUT2D eigenvalue weighted by Gasteiger charge is -2.02. The average molecular weight is 191 g/mol. The highest BCUT2D eigenvalue weighted by molar-refractivity contribution is 5.73. The molecule has 2 nitrogen and oxygen atoms in total. The first-order valence-electron chi connectivity index (χ1n) is 4.39. The van der Waals surface area contributed by atoms with Crippen LogP contribution in [-0.2, 0) is 4.79 Å². The SMILES string of the molecule is CCCC(CCCC(N)=O)=C(F)F. The minimum absolute atomic E-state index is 0.156. The van der Waals surface area contributed by atoms with E-state index in [1.807, 2.05) is 6.92 Å². The van der Waals surface area contributed by atoms with Gasteiger partial charge in [-0.3, -0.25) is 4.79 Å². The maximum absolute atomic E-state index is 12.2. The van der Waals surface area contributed by atoms with Crippen molar-refractivity contribution in [2.24, 2.45) is 5.73 Å². The highest BCUT2D eigenvalue weighted by Gasteiger charge is 2.05. The van der Waals surface area contributed by atoms with Gasteiger partial charge in [-0.2, -0.15) is 8.78 Å². The summed E-state index contributed by atoms with van der Waals surface area (Å²) < 4.78 is 24.3. The van der Waals surface area contributed by atoms with Crippen molar-refractivity contribution in [3.05, 3.63) is 11.7 Å². The van der Waals surface area contributed by atoms with Gasteiger partial charge in [0.15, 0.2) is 0 Å². The van der Waals surface area contributed by atoms with Crippen molar-refractivity contribution < 1.29 is 13.6 Å². The van der Waals surface area contributed by atoms with Crippen LogP contribution in [0, 0.1) is 0 Å². The molecule has 0 spiro atoms. The fourth-order valence-corrected chi connectivity index (χ4v) is 1.09. The Hall–Kier alpha value is -0.930. The van der Waals surface area contributed by atoms with Crippen molar-refractivity contribution in [3.63, 3.8) is 0 Å². The van der Waals surface area contributed by atoms with Crippen molar-refractivity contribution in [1.82, 2.24) is 0 Å². The minimum Gasteiger partial charge on any atom is -0.370 e. The molecule has 4 heteroatoms. The number of carbonyl (C=O) groups is 1. The molecule has 0 atom stereocenters. The van der Waals surface area contributed by atoms with Gasteiger partial charge in [0.25, 0.3) is 6.08 Å². The van der Waals surface area contributed by atoms with Gasteiger partial charge in [0.1, 0.15) is 0 Å². The number of carbonyl (C=O) groups excluding carboxylic acids is 1. The van der Waals surface area contributed by atoms with Crippen molar-refractivity contribution in [2.75, 3.05) is 0 Å². The zero-order valence-electron chi connectivity index (χ0n) is 7.78. The van der Waals surface area contributed by atoms with E-state index in [2.05, 4.69) is 0 Å². The van der Waals surface area contributed by atoms with Crippen LogP contribution in [0.5, 0.6) is 0 Å². The number of hydrogen-bond donors (Lipinski definition) is 1. The lowest BCUT2D eigenvalue weighted by molar-refractivity contribution is -0.118. The van der Waals surface area contributed by atoms with Crippen molar-refractivity contribution in [2.45, 2.75) is 39.0 Å². The molecule has 0 aliphatic rings. The zero-order valence-corrected chi connectivity index (χ0v) is 7.78. The fourth-order valence-electron chi connectivity index (χ4n) is 1.09. The first kappa shape index (κ1) is 12.1. The van der Waals surface area contributed by atoms with Gasteiger partial charge in [-0.05, 0) is 24.8 Å². The maximum Gasteiger partial charge on any atom is 0.269 e. The van der Waals surface area contributed by atoms with Gasteiger partial charge in [0.05, 0.1) is 0 Å². The molecule has 76 valence electrons. The Labute approximate surface area is 76.8 Å². The summed E-state index contributed by atoms with van der Waals surface area (Å²) in [7, 11) is 0. The molecule has 2 N–H and O–H groups in total. The van der Waals surface area contributed by atoms with Crippen molar-refractivity contribution in [3.8, 4) is 0 Å². The smallest absolute Gasteiger partial charge is 0.269 e. The Morgan fingerprint density at radius 1 is 1.23 bits per heavy atom. The average Bonchev–Trinajstić information content (AvgIpc) is 2.02. The van der Waals surface area contributed by atoms with E-state index in [1.54, 1.807) is 0 Å². The Bertz CT molecular complexity index is 198. The maximum atomic E-state index is 12.2. The lowest BCUT2D eigenvalue weighted by atomic mass is 10.1. The molecule has 0 aromatic carbocycles. The van der Waals surface area contributed by atoms with Crippen molar-refractivity contribution >= 4 is 5.91 Å². The topological polar surface area (TPSA) is 43.1 Å². The Morgan fingerprint density at radius 3 is 2.23 bits per heavy atom. The van der Waals surface area contributed by atoms with Gasteiger partial charge < -0.3 is 5.73 Å². The highest BCUT2D eigenvalue weighted by Crippen LogP contribution is 2.19. The molecule has 0 fully saturated rings.